The summed E-state index contributed by atoms with van der Waals surface area (Å²) >= 11 is 2.26. The molecule has 0 bridgehead atoms. The molecule has 10 nitrogen and oxygen atoms in total. The van der Waals surface area contributed by atoms with Gasteiger partial charge >= 0.3 is 6.03 Å². The van der Waals surface area contributed by atoms with Gasteiger partial charge in [-0.05, 0) is 80.9 Å². The molecule has 1 atom stereocenters. The highest BCUT2D eigenvalue weighted by atomic mass is 127. The van der Waals surface area contributed by atoms with Crippen molar-refractivity contribution in [2.45, 2.75) is 80.5 Å². The summed E-state index contributed by atoms with van der Waals surface area (Å²) in [4.78, 5) is 62.0. The Hall–Kier alpha value is -3.19. The van der Waals surface area contributed by atoms with Crippen LogP contribution in [0.5, 0.6) is 0 Å². The lowest BCUT2D eigenvalue weighted by Gasteiger charge is -2.41. The Labute approximate surface area is 285 Å². The lowest BCUT2D eigenvalue weighted by molar-refractivity contribution is -0.140. The summed E-state index contributed by atoms with van der Waals surface area (Å²) < 4.78 is 0.771. The third-order valence-corrected chi connectivity index (χ3v) is 11.0. The molecule has 5 amide bonds. The van der Waals surface area contributed by atoms with Gasteiger partial charge in [-0.2, -0.15) is 0 Å². The molecule has 0 spiro atoms. The number of hydrogen-bond donors (Lipinski definition) is 2. The Balaban J connectivity index is 1.09. The normalized spacial score (nSPS) is 20.5. The van der Waals surface area contributed by atoms with Gasteiger partial charge in [-0.25, -0.2) is 4.79 Å². The van der Waals surface area contributed by atoms with Crippen molar-refractivity contribution >= 4 is 52.0 Å². The number of amides is 5. The summed E-state index contributed by atoms with van der Waals surface area (Å²) in [5, 5.41) is 5.94. The van der Waals surface area contributed by atoms with Crippen molar-refractivity contribution in [2.24, 2.45) is 0 Å². The van der Waals surface area contributed by atoms with Crippen molar-refractivity contribution in [1.82, 2.24) is 24.9 Å². The number of carbonyl (C=O) groups excluding carboxylic acids is 4. The average molecular weight is 741 g/mol. The molecule has 4 aliphatic heterocycles. The van der Waals surface area contributed by atoms with Crippen molar-refractivity contribution in [3.8, 4) is 0 Å². The first-order valence-electron chi connectivity index (χ1n) is 16.8. The highest BCUT2D eigenvalue weighted by Gasteiger charge is 2.36. The third kappa shape index (κ3) is 7.67. The SMILES string of the molecule is O=C(N[C@@H](CC(=O)N1CCC(N2Cc3ccccc3NC2=O)CC1)C(=O)N1CCC(N2CCCCC2)CC1)c1cccc(CI)c1. The Morgan fingerprint density at radius 1 is 0.848 bits per heavy atom. The number of piperidine rings is 3. The molecule has 46 heavy (non-hydrogen) atoms. The molecule has 11 heteroatoms. The average Bonchev–Trinajstić information content (AvgIpc) is 3.11. The van der Waals surface area contributed by atoms with Crippen LogP contribution in [0.1, 0.15) is 72.9 Å². The molecular weight excluding hydrogens is 695 g/mol. The van der Waals surface area contributed by atoms with Crippen LogP contribution in [0.25, 0.3) is 0 Å². The molecule has 2 N–H and O–H groups in total. The second-order valence-electron chi connectivity index (χ2n) is 13.0. The van der Waals surface area contributed by atoms with Crippen molar-refractivity contribution in [3.05, 3.63) is 65.2 Å². The molecule has 246 valence electrons. The lowest BCUT2D eigenvalue weighted by atomic mass is 9.98. The molecule has 3 saturated heterocycles. The number of urea groups is 1. The summed E-state index contributed by atoms with van der Waals surface area (Å²) in [6.45, 7) is 5.10. The number of anilines is 1. The predicted molar refractivity (Wildman–Crippen MR) is 186 cm³/mol. The first-order valence-corrected chi connectivity index (χ1v) is 18.3. The second-order valence-corrected chi connectivity index (χ2v) is 13.8. The summed E-state index contributed by atoms with van der Waals surface area (Å²) in [6, 6.07) is 14.7. The van der Waals surface area contributed by atoms with Gasteiger partial charge in [-0.1, -0.05) is 59.3 Å². The van der Waals surface area contributed by atoms with Crippen LogP contribution in [0.15, 0.2) is 48.5 Å². The number of halogens is 1. The van der Waals surface area contributed by atoms with Gasteiger partial charge in [0, 0.05) is 60.5 Å². The summed E-state index contributed by atoms with van der Waals surface area (Å²) in [6.07, 6.45) is 6.86. The minimum absolute atomic E-state index is 0.0286. The Kier molecular flexibility index (Phi) is 10.8. The fraction of sp³-hybridized carbons (Fsp3) is 0.543. The highest BCUT2D eigenvalue weighted by Crippen LogP contribution is 2.28. The minimum Gasteiger partial charge on any atom is -0.342 e. The van der Waals surface area contributed by atoms with Crippen molar-refractivity contribution in [3.63, 3.8) is 0 Å². The van der Waals surface area contributed by atoms with Gasteiger partial charge in [0.2, 0.25) is 11.8 Å². The van der Waals surface area contributed by atoms with E-state index in [0.717, 1.165) is 47.2 Å². The van der Waals surface area contributed by atoms with E-state index in [2.05, 4.69) is 38.1 Å². The van der Waals surface area contributed by atoms with E-state index in [0.29, 0.717) is 57.2 Å². The fourth-order valence-electron chi connectivity index (χ4n) is 7.44. The van der Waals surface area contributed by atoms with E-state index in [4.69, 9.17) is 0 Å². The predicted octanol–water partition coefficient (Wildman–Crippen LogP) is 4.63. The van der Waals surface area contributed by atoms with E-state index < -0.39 is 6.04 Å². The number of nitrogens with one attached hydrogen (secondary N) is 2. The van der Waals surface area contributed by atoms with Crippen LogP contribution in [0.2, 0.25) is 0 Å². The van der Waals surface area contributed by atoms with Gasteiger partial charge in [-0.3, -0.25) is 14.4 Å². The van der Waals surface area contributed by atoms with E-state index in [1.54, 1.807) is 11.0 Å². The Morgan fingerprint density at radius 2 is 1.54 bits per heavy atom. The molecule has 2 aromatic rings. The molecule has 2 aromatic carbocycles. The zero-order valence-corrected chi connectivity index (χ0v) is 28.6. The van der Waals surface area contributed by atoms with Gasteiger partial charge < -0.3 is 30.2 Å². The molecule has 0 unspecified atom stereocenters. The zero-order valence-electron chi connectivity index (χ0n) is 26.5. The zero-order chi connectivity index (χ0) is 32.0. The topological polar surface area (TPSA) is 105 Å². The highest BCUT2D eigenvalue weighted by molar-refractivity contribution is 14.1. The largest absolute Gasteiger partial charge is 0.342 e. The molecule has 0 radical (unpaired) electrons. The Morgan fingerprint density at radius 3 is 2.28 bits per heavy atom. The van der Waals surface area contributed by atoms with Crippen molar-refractivity contribution < 1.29 is 19.2 Å². The van der Waals surface area contributed by atoms with Crippen LogP contribution >= 0.6 is 22.6 Å². The van der Waals surface area contributed by atoms with Crippen LogP contribution in [0.4, 0.5) is 10.5 Å². The standard InChI is InChI=1S/C35H45IN6O4/c36-23-25-7-6-9-26(21-25)33(44)37-31(34(45)41-19-11-28(12-20-41)39-15-4-1-5-16-39)22-32(43)40-17-13-29(14-18-40)42-24-27-8-2-3-10-30(27)38-35(42)46/h2-3,6-10,21,28-29,31H,1,4-5,11-20,22-24H2,(H,37,44)(H,38,46)/t31-/m0/s1. The molecule has 0 aromatic heterocycles. The molecule has 0 aliphatic carbocycles. The van der Waals surface area contributed by atoms with Crippen LogP contribution in [-0.2, 0) is 20.6 Å². The number of benzene rings is 2. The summed E-state index contributed by atoms with van der Waals surface area (Å²) in [5.74, 6) is -0.659. The monoisotopic (exact) mass is 740 g/mol. The maximum absolute atomic E-state index is 14.0. The van der Waals surface area contributed by atoms with E-state index in [1.807, 2.05) is 52.3 Å². The van der Waals surface area contributed by atoms with E-state index in [-0.39, 0.29) is 36.2 Å². The summed E-state index contributed by atoms with van der Waals surface area (Å²) in [5.41, 5.74) is 3.46. The third-order valence-electron chi connectivity index (χ3n) is 10.1. The Bertz CT molecular complexity index is 1420. The lowest BCUT2D eigenvalue weighted by Crippen LogP contribution is -2.55. The molecule has 4 heterocycles. The molecule has 6 rings (SSSR count). The number of hydrogen-bond acceptors (Lipinski definition) is 5. The first kappa shape index (κ1) is 32.7. The maximum atomic E-state index is 14.0. The first-order chi connectivity index (χ1) is 22.4. The molecule has 4 aliphatic rings. The summed E-state index contributed by atoms with van der Waals surface area (Å²) in [7, 11) is 0. The van der Waals surface area contributed by atoms with Gasteiger partial charge in [0.15, 0.2) is 0 Å². The number of nitrogens with zero attached hydrogens (tertiary/aromatic N) is 4. The van der Waals surface area contributed by atoms with Gasteiger partial charge in [-0.15, -0.1) is 0 Å². The van der Waals surface area contributed by atoms with Crippen LogP contribution in [0, 0.1) is 0 Å². The number of rotatable bonds is 8. The van der Waals surface area contributed by atoms with E-state index in [1.165, 1.54) is 19.3 Å². The maximum Gasteiger partial charge on any atom is 0.322 e. The van der Waals surface area contributed by atoms with Crippen molar-refractivity contribution in [1.29, 1.82) is 0 Å². The number of para-hydroxylation sites is 1. The number of alkyl halides is 1. The van der Waals surface area contributed by atoms with Gasteiger partial charge in [0.05, 0.1) is 6.42 Å². The number of likely N-dealkylation sites (tertiary alicyclic amines) is 3. The molecule has 3 fully saturated rings. The number of fused-ring (bicyclic) bond motifs is 1. The van der Waals surface area contributed by atoms with Crippen molar-refractivity contribution in [2.75, 3.05) is 44.6 Å². The number of carbonyl (C=O) groups is 4. The fourth-order valence-corrected chi connectivity index (χ4v) is 7.92. The minimum atomic E-state index is -0.933. The smallest absolute Gasteiger partial charge is 0.322 e. The van der Waals surface area contributed by atoms with Crippen LogP contribution < -0.4 is 10.6 Å². The second kappa shape index (κ2) is 15.1. The molecule has 0 saturated carbocycles. The van der Waals surface area contributed by atoms with Crippen LogP contribution in [0.3, 0.4) is 0 Å². The van der Waals surface area contributed by atoms with E-state index >= 15 is 0 Å². The molecular formula is C35H45IN6O4. The van der Waals surface area contributed by atoms with E-state index in [9.17, 15) is 19.2 Å². The quantitative estimate of drug-likeness (QED) is 0.304. The van der Waals surface area contributed by atoms with Gasteiger partial charge in [0.1, 0.15) is 6.04 Å². The van der Waals surface area contributed by atoms with Gasteiger partial charge in [0.25, 0.3) is 5.91 Å². The van der Waals surface area contributed by atoms with Crippen LogP contribution in [-0.4, -0.2) is 101 Å².